The van der Waals surface area contributed by atoms with Crippen molar-refractivity contribution in [1.29, 1.82) is 0 Å². The summed E-state index contributed by atoms with van der Waals surface area (Å²) in [7, 11) is 0. The number of ether oxygens (including phenoxy) is 1. The van der Waals surface area contributed by atoms with E-state index in [1.807, 2.05) is 44.2 Å². The summed E-state index contributed by atoms with van der Waals surface area (Å²) in [5.74, 6) is -0.207. The maximum atomic E-state index is 12.4. The Balaban J connectivity index is 1.89. The van der Waals surface area contributed by atoms with E-state index >= 15 is 0 Å². The number of halogens is 2. The Bertz CT molecular complexity index is 816. The molecule has 0 spiro atoms. The van der Waals surface area contributed by atoms with Crippen LogP contribution in [0.2, 0.25) is 0 Å². The first kappa shape index (κ1) is 17.2. The van der Waals surface area contributed by atoms with Crippen LogP contribution in [0.4, 0.5) is 5.69 Å². The molecule has 0 unspecified atom stereocenters. The van der Waals surface area contributed by atoms with Gasteiger partial charge in [0, 0.05) is 8.95 Å². The number of rotatable bonds is 4. The summed E-state index contributed by atoms with van der Waals surface area (Å²) in [6, 6.07) is 11.1. The number of carbonyl (C=O) groups is 2. The molecule has 0 aromatic heterocycles. The van der Waals surface area contributed by atoms with Crippen molar-refractivity contribution in [2.24, 2.45) is 0 Å². The fourth-order valence-corrected chi connectivity index (χ4v) is 4.07. The number of anilines is 1. The Morgan fingerprint density at radius 1 is 1.08 bits per heavy atom. The Morgan fingerprint density at radius 2 is 1.75 bits per heavy atom. The van der Waals surface area contributed by atoms with Gasteiger partial charge in [0.25, 0.3) is 11.7 Å². The lowest BCUT2D eigenvalue weighted by Gasteiger charge is -2.18. The van der Waals surface area contributed by atoms with Crippen LogP contribution in [0.15, 0.2) is 45.3 Å². The van der Waals surface area contributed by atoms with Crippen molar-refractivity contribution in [3.05, 3.63) is 56.5 Å². The fraction of sp³-hybridized carbons (Fsp3) is 0.222. The van der Waals surface area contributed by atoms with Crippen molar-refractivity contribution in [2.75, 3.05) is 4.90 Å². The minimum Gasteiger partial charge on any atom is -0.491 e. The van der Waals surface area contributed by atoms with Gasteiger partial charge in [0.2, 0.25) is 0 Å². The van der Waals surface area contributed by atoms with E-state index in [1.54, 1.807) is 6.07 Å². The zero-order valence-corrected chi connectivity index (χ0v) is 16.3. The molecular formula is C18H15Br2NO3. The SMILES string of the molecule is CC(C)Oc1ccc(CN2C(=O)C(=O)c3cc(Br)cc(Br)c32)cc1. The lowest BCUT2D eigenvalue weighted by Crippen LogP contribution is -2.29. The third kappa shape index (κ3) is 3.26. The highest BCUT2D eigenvalue weighted by molar-refractivity contribution is 9.11. The number of nitrogens with zero attached hydrogens (tertiary/aromatic N) is 1. The molecule has 0 bridgehead atoms. The Hall–Kier alpha value is -1.66. The van der Waals surface area contributed by atoms with Gasteiger partial charge in [-0.05, 0) is 59.6 Å². The average Bonchev–Trinajstić information content (AvgIpc) is 2.74. The molecule has 0 fully saturated rings. The Kier molecular flexibility index (Phi) is 4.78. The summed E-state index contributed by atoms with van der Waals surface area (Å²) < 4.78 is 7.09. The molecule has 24 heavy (non-hydrogen) atoms. The molecule has 0 atom stereocenters. The van der Waals surface area contributed by atoms with Gasteiger partial charge < -0.3 is 4.74 Å². The molecule has 124 valence electrons. The number of carbonyl (C=O) groups excluding carboxylic acids is 2. The molecule has 1 aliphatic rings. The predicted octanol–water partition coefficient (Wildman–Crippen LogP) is 4.73. The molecule has 1 amide bonds. The largest absolute Gasteiger partial charge is 0.491 e. The van der Waals surface area contributed by atoms with E-state index in [0.717, 1.165) is 15.8 Å². The Morgan fingerprint density at radius 3 is 2.38 bits per heavy atom. The van der Waals surface area contributed by atoms with Gasteiger partial charge >= 0.3 is 0 Å². The van der Waals surface area contributed by atoms with Crippen molar-refractivity contribution in [3.8, 4) is 5.75 Å². The molecule has 1 aliphatic heterocycles. The second-order valence-corrected chi connectivity index (χ2v) is 7.58. The van der Waals surface area contributed by atoms with Gasteiger partial charge in [-0.2, -0.15) is 0 Å². The highest BCUT2D eigenvalue weighted by Crippen LogP contribution is 2.39. The smallest absolute Gasteiger partial charge is 0.299 e. The molecule has 2 aromatic carbocycles. The standard InChI is InChI=1S/C18H15Br2NO3/c1-10(2)24-13-5-3-11(4-6-13)9-21-16-14(17(22)18(21)23)7-12(19)8-15(16)20/h3-8,10H,9H2,1-2H3. The summed E-state index contributed by atoms with van der Waals surface area (Å²) in [5.41, 5.74) is 1.96. The molecule has 0 saturated carbocycles. The lowest BCUT2D eigenvalue weighted by atomic mass is 10.1. The monoisotopic (exact) mass is 451 g/mol. The van der Waals surface area contributed by atoms with Gasteiger partial charge in [-0.15, -0.1) is 0 Å². The highest BCUT2D eigenvalue weighted by Gasteiger charge is 2.37. The number of fused-ring (bicyclic) bond motifs is 1. The van der Waals surface area contributed by atoms with E-state index in [2.05, 4.69) is 31.9 Å². The quantitative estimate of drug-likeness (QED) is 0.630. The molecular weight excluding hydrogens is 438 g/mol. The van der Waals surface area contributed by atoms with E-state index in [9.17, 15) is 9.59 Å². The zero-order chi connectivity index (χ0) is 17.4. The van der Waals surface area contributed by atoms with Crippen LogP contribution in [0, 0.1) is 0 Å². The number of benzene rings is 2. The lowest BCUT2D eigenvalue weighted by molar-refractivity contribution is -0.114. The Labute approximate surface area is 157 Å². The van der Waals surface area contributed by atoms with Crippen LogP contribution in [-0.2, 0) is 11.3 Å². The van der Waals surface area contributed by atoms with Crippen LogP contribution in [0.5, 0.6) is 5.75 Å². The fourth-order valence-electron chi connectivity index (χ4n) is 2.63. The summed E-state index contributed by atoms with van der Waals surface area (Å²) in [6.45, 7) is 4.27. The van der Waals surface area contributed by atoms with Crippen molar-refractivity contribution < 1.29 is 14.3 Å². The van der Waals surface area contributed by atoms with Crippen molar-refractivity contribution in [1.82, 2.24) is 0 Å². The minimum absolute atomic E-state index is 0.106. The van der Waals surface area contributed by atoms with Crippen LogP contribution < -0.4 is 9.64 Å². The molecule has 3 rings (SSSR count). The highest BCUT2D eigenvalue weighted by atomic mass is 79.9. The number of hydrogen-bond acceptors (Lipinski definition) is 3. The molecule has 4 nitrogen and oxygen atoms in total. The molecule has 2 aromatic rings. The van der Waals surface area contributed by atoms with E-state index in [4.69, 9.17) is 4.74 Å². The topological polar surface area (TPSA) is 46.6 Å². The second-order valence-electron chi connectivity index (χ2n) is 5.81. The molecule has 0 N–H and O–H groups in total. The number of ketones is 1. The van der Waals surface area contributed by atoms with Gasteiger partial charge in [0.05, 0.1) is 23.9 Å². The molecule has 0 saturated heterocycles. The van der Waals surface area contributed by atoms with Crippen LogP contribution >= 0.6 is 31.9 Å². The summed E-state index contributed by atoms with van der Waals surface area (Å²) in [4.78, 5) is 26.1. The van der Waals surface area contributed by atoms with Crippen LogP contribution in [0.25, 0.3) is 0 Å². The van der Waals surface area contributed by atoms with Gasteiger partial charge in [-0.25, -0.2) is 0 Å². The van der Waals surface area contributed by atoms with E-state index in [0.29, 0.717) is 22.3 Å². The third-order valence-electron chi connectivity index (χ3n) is 3.62. The van der Waals surface area contributed by atoms with Crippen molar-refractivity contribution in [3.63, 3.8) is 0 Å². The predicted molar refractivity (Wildman–Crippen MR) is 99.6 cm³/mol. The van der Waals surface area contributed by atoms with Crippen LogP contribution in [0.1, 0.15) is 29.8 Å². The van der Waals surface area contributed by atoms with Crippen LogP contribution in [0.3, 0.4) is 0 Å². The first-order valence-corrected chi connectivity index (χ1v) is 9.06. The average molecular weight is 453 g/mol. The van der Waals surface area contributed by atoms with Gasteiger partial charge in [0.1, 0.15) is 5.75 Å². The van der Waals surface area contributed by atoms with Gasteiger partial charge in [-0.3, -0.25) is 14.5 Å². The van der Waals surface area contributed by atoms with E-state index in [1.165, 1.54) is 4.90 Å². The number of hydrogen-bond donors (Lipinski definition) is 0. The number of Topliss-reactive ketones (excluding diaryl/α,β-unsaturated/α-hetero) is 1. The molecule has 0 aliphatic carbocycles. The summed E-state index contributed by atoms with van der Waals surface area (Å²) >= 11 is 6.80. The molecule has 0 radical (unpaired) electrons. The maximum absolute atomic E-state index is 12.4. The van der Waals surface area contributed by atoms with Gasteiger partial charge in [-0.1, -0.05) is 28.1 Å². The summed E-state index contributed by atoms with van der Waals surface area (Å²) in [6.07, 6.45) is 0.106. The zero-order valence-electron chi connectivity index (χ0n) is 13.2. The minimum atomic E-state index is -0.508. The third-order valence-corrected chi connectivity index (χ3v) is 4.68. The first-order chi connectivity index (χ1) is 11.4. The van der Waals surface area contributed by atoms with Crippen molar-refractivity contribution >= 4 is 49.2 Å². The number of amides is 1. The van der Waals surface area contributed by atoms with Crippen LogP contribution in [-0.4, -0.2) is 17.8 Å². The second kappa shape index (κ2) is 6.69. The molecule has 1 heterocycles. The van der Waals surface area contributed by atoms with E-state index < -0.39 is 11.7 Å². The first-order valence-electron chi connectivity index (χ1n) is 7.47. The maximum Gasteiger partial charge on any atom is 0.299 e. The van der Waals surface area contributed by atoms with Gasteiger partial charge in [0.15, 0.2) is 0 Å². The van der Waals surface area contributed by atoms with Crippen molar-refractivity contribution in [2.45, 2.75) is 26.5 Å². The summed E-state index contributed by atoms with van der Waals surface area (Å²) in [5, 5.41) is 0. The molecule has 6 heteroatoms. The van der Waals surface area contributed by atoms with E-state index in [-0.39, 0.29) is 6.10 Å². The normalized spacial score (nSPS) is 13.6.